The van der Waals surface area contributed by atoms with Gasteiger partial charge in [0.25, 0.3) is 5.91 Å². The van der Waals surface area contributed by atoms with E-state index in [2.05, 4.69) is 24.5 Å². The normalized spacial score (nSPS) is 11.8. The third-order valence-corrected chi connectivity index (χ3v) is 2.69. The summed E-state index contributed by atoms with van der Waals surface area (Å²) in [7, 11) is 1.44. The van der Waals surface area contributed by atoms with Gasteiger partial charge >= 0.3 is 6.03 Å². The first-order chi connectivity index (χ1) is 8.93. The highest BCUT2D eigenvalue weighted by atomic mass is 16.5. The third-order valence-electron chi connectivity index (χ3n) is 2.69. The van der Waals surface area contributed by atoms with Crippen molar-refractivity contribution in [3.8, 4) is 5.75 Å². The number of imide groups is 1. The van der Waals surface area contributed by atoms with E-state index in [1.54, 1.807) is 6.92 Å². The average molecular weight is 264 g/mol. The lowest BCUT2D eigenvalue weighted by atomic mass is 10.0. The minimum atomic E-state index is -0.734. The standard InChI is InChI=1S/C14H20N2O3/c1-9(2)11-5-7-12(8-6-11)19-10(3)13(17)16-14(18)15-4/h5-10H,1-4H3,(H2,15,16,17,18)/t10-/m1/s1. The van der Waals surface area contributed by atoms with Crippen LogP contribution in [-0.2, 0) is 4.79 Å². The Hall–Kier alpha value is -2.04. The second-order valence-corrected chi connectivity index (χ2v) is 4.55. The molecule has 5 nitrogen and oxygen atoms in total. The number of nitrogens with one attached hydrogen (secondary N) is 2. The van der Waals surface area contributed by atoms with E-state index in [1.165, 1.54) is 12.6 Å². The van der Waals surface area contributed by atoms with Crippen LogP contribution in [0.25, 0.3) is 0 Å². The van der Waals surface area contributed by atoms with Crippen LogP contribution in [0.4, 0.5) is 4.79 Å². The molecule has 19 heavy (non-hydrogen) atoms. The molecular weight excluding hydrogens is 244 g/mol. The Balaban J connectivity index is 2.58. The van der Waals surface area contributed by atoms with Crippen molar-refractivity contribution in [1.82, 2.24) is 10.6 Å². The van der Waals surface area contributed by atoms with Gasteiger partial charge in [-0.25, -0.2) is 4.79 Å². The molecule has 0 aliphatic heterocycles. The molecule has 0 heterocycles. The number of ether oxygens (including phenoxy) is 1. The van der Waals surface area contributed by atoms with Gasteiger partial charge in [-0.1, -0.05) is 26.0 Å². The molecule has 0 radical (unpaired) electrons. The SMILES string of the molecule is CNC(=O)NC(=O)[C@@H](C)Oc1ccc(C(C)C)cc1. The lowest BCUT2D eigenvalue weighted by molar-refractivity contribution is -0.126. The Morgan fingerprint density at radius 3 is 2.16 bits per heavy atom. The van der Waals surface area contributed by atoms with E-state index in [4.69, 9.17) is 4.74 Å². The molecule has 0 bridgehead atoms. The maximum atomic E-state index is 11.6. The van der Waals surface area contributed by atoms with Crippen LogP contribution >= 0.6 is 0 Å². The molecule has 1 atom stereocenters. The minimum Gasteiger partial charge on any atom is -0.481 e. The highest BCUT2D eigenvalue weighted by Gasteiger charge is 2.16. The van der Waals surface area contributed by atoms with Gasteiger partial charge in [0.2, 0.25) is 0 Å². The Morgan fingerprint density at radius 2 is 1.68 bits per heavy atom. The zero-order chi connectivity index (χ0) is 14.4. The number of carbonyl (C=O) groups is 2. The second kappa shape index (κ2) is 6.78. The number of rotatable bonds is 4. The van der Waals surface area contributed by atoms with E-state index in [0.29, 0.717) is 11.7 Å². The summed E-state index contributed by atoms with van der Waals surface area (Å²) in [5, 5.41) is 4.47. The molecule has 1 aromatic rings. The number of hydrogen-bond acceptors (Lipinski definition) is 3. The molecule has 0 spiro atoms. The monoisotopic (exact) mass is 264 g/mol. The largest absolute Gasteiger partial charge is 0.481 e. The van der Waals surface area contributed by atoms with Crippen molar-refractivity contribution in [2.75, 3.05) is 7.05 Å². The molecule has 1 aromatic carbocycles. The lowest BCUT2D eigenvalue weighted by Crippen LogP contribution is -2.43. The summed E-state index contributed by atoms with van der Waals surface area (Å²) in [5.41, 5.74) is 1.20. The highest BCUT2D eigenvalue weighted by Crippen LogP contribution is 2.19. The van der Waals surface area contributed by atoms with Crippen LogP contribution in [0.5, 0.6) is 5.75 Å². The molecule has 0 aliphatic rings. The molecule has 0 saturated heterocycles. The van der Waals surface area contributed by atoms with Crippen LogP contribution in [0.15, 0.2) is 24.3 Å². The van der Waals surface area contributed by atoms with Crippen LogP contribution in [0.1, 0.15) is 32.3 Å². The Bertz CT molecular complexity index is 441. The van der Waals surface area contributed by atoms with Crippen molar-refractivity contribution < 1.29 is 14.3 Å². The Morgan fingerprint density at radius 1 is 1.11 bits per heavy atom. The molecule has 2 N–H and O–H groups in total. The number of amides is 3. The van der Waals surface area contributed by atoms with Crippen LogP contribution in [0, 0.1) is 0 Å². The molecule has 0 aromatic heterocycles. The molecular formula is C14H20N2O3. The molecule has 3 amide bonds. The predicted molar refractivity (Wildman–Crippen MR) is 73.2 cm³/mol. The van der Waals surface area contributed by atoms with Gasteiger partial charge in [-0.3, -0.25) is 10.1 Å². The van der Waals surface area contributed by atoms with Crippen molar-refractivity contribution >= 4 is 11.9 Å². The van der Waals surface area contributed by atoms with Crippen LogP contribution in [-0.4, -0.2) is 25.1 Å². The van der Waals surface area contributed by atoms with Gasteiger partial charge in [0.15, 0.2) is 6.10 Å². The highest BCUT2D eigenvalue weighted by molar-refractivity contribution is 5.96. The topological polar surface area (TPSA) is 67.4 Å². The van der Waals surface area contributed by atoms with Crippen molar-refractivity contribution in [3.05, 3.63) is 29.8 Å². The van der Waals surface area contributed by atoms with Crippen LogP contribution < -0.4 is 15.4 Å². The maximum Gasteiger partial charge on any atom is 0.321 e. The third kappa shape index (κ3) is 4.62. The fourth-order valence-electron chi connectivity index (χ4n) is 1.46. The number of benzene rings is 1. The van der Waals surface area contributed by atoms with Crippen LogP contribution in [0.3, 0.4) is 0 Å². The lowest BCUT2D eigenvalue weighted by Gasteiger charge is -2.14. The van der Waals surface area contributed by atoms with E-state index in [1.807, 2.05) is 24.3 Å². The number of hydrogen-bond donors (Lipinski definition) is 2. The van der Waals surface area contributed by atoms with Crippen molar-refractivity contribution in [1.29, 1.82) is 0 Å². The van der Waals surface area contributed by atoms with E-state index >= 15 is 0 Å². The quantitative estimate of drug-likeness (QED) is 0.874. The summed E-state index contributed by atoms with van der Waals surface area (Å²) in [6.07, 6.45) is -0.734. The van der Waals surface area contributed by atoms with E-state index in [-0.39, 0.29) is 0 Å². The van der Waals surface area contributed by atoms with Gasteiger partial charge in [0.1, 0.15) is 5.75 Å². The van der Waals surface area contributed by atoms with E-state index in [0.717, 1.165) is 0 Å². The zero-order valence-corrected chi connectivity index (χ0v) is 11.7. The van der Waals surface area contributed by atoms with Crippen molar-refractivity contribution in [3.63, 3.8) is 0 Å². The van der Waals surface area contributed by atoms with Gasteiger partial charge in [0, 0.05) is 7.05 Å². The second-order valence-electron chi connectivity index (χ2n) is 4.55. The molecule has 0 unspecified atom stereocenters. The van der Waals surface area contributed by atoms with Gasteiger partial charge in [-0.05, 0) is 30.5 Å². The first-order valence-electron chi connectivity index (χ1n) is 6.23. The summed E-state index contributed by atoms with van der Waals surface area (Å²) in [6, 6.07) is 7.01. The first-order valence-corrected chi connectivity index (χ1v) is 6.23. The minimum absolute atomic E-state index is 0.447. The summed E-state index contributed by atoms with van der Waals surface area (Å²) >= 11 is 0. The summed E-state index contributed by atoms with van der Waals surface area (Å²) in [6.45, 7) is 5.80. The molecule has 0 saturated carbocycles. The fraction of sp³-hybridized carbons (Fsp3) is 0.429. The molecule has 5 heteroatoms. The zero-order valence-electron chi connectivity index (χ0n) is 11.7. The molecule has 0 aliphatic carbocycles. The van der Waals surface area contributed by atoms with Crippen molar-refractivity contribution in [2.24, 2.45) is 0 Å². The van der Waals surface area contributed by atoms with Gasteiger partial charge in [-0.2, -0.15) is 0 Å². The Kier molecular flexibility index (Phi) is 5.36. The Labute approximate surface area is 113 Å². The molecule has 0 fully saturated rings. The van der Waals surface area contributed by atoms with Gasteiger partial charge in [-0.15, -0.1) is 0 Å². The first kappa shape index (κ1) is 15.0. The van der Waals surface area contributed by atoms with Gasteiger partial charge in [0.05, 0.1) is 0 Å². The smallest absolute Gasteiger partial charge is 0.321 e. The molecule has 1 rings (SSSR count). The summed E-state index contributed by atoms with van der Waals surface area (Å²) < 4.78 is 5.46. The van der Waals surface area contributed by atoms with E-state index < -0.39 is 18.0 Å². The number of carbonyl (C=O) groups excluding carboxylic acids is 2. The summed E-state index contributed by atoms with van der Waals surface area (Å²) in [5.74, 6) is 0.569. The van der Waals surface area contributed by atoms with Crippen molar-refractivity contribution in [2.45, 2.75) is 32.8 Å². The van der Waals surface area contributed by atoms with Crippen LogP contribution in [0.2, 0.25) is 0 Å². The predicted octanol–water partition coefficient (Wildman–Crippen LogP) is 2.03. The fourth-order valence-corrected chi connectivity index (χ4v) is 1.46. The molecule has 104 valence electrons. The van der Waals surface area contributed by atoms with E-state index in [9.17, 15) is 9.59 Å². The maximum absolute atomic E-state index is 11.6. The number of urea groups is 1. The van der Waals surface area contributed by atoms with Gasteiger partial charge < -0.3 is 10.1 Å². The summed E-state index contributed by atoms with van der Waals surface area (Å²) in [4.78, 5) is 22.6. The average Bonchev–Trinajstić information content (AvgIpc) is 2.38.